The highest BCUT2D eigenvalue weighted by atomic mass is 16.6. The van der Waals surface area contributed by atoms with Gasteiger partial charge in [0.1, 0.15) is 12.7 Å². The number of ether oxygens (including phenoxy) is 3. The highest BCUT2D eigenvalue weighted by molar-refractivity contribution is 5.80. The van der Waals surface area contributed by atoms with E-state index in [9.17, 15) is 9.59 Å². The number of carbonyl (C=O) groups is 2. The third-order valence-electron chi connectivity index (χ3n) is 6.13. The lowest BCUT2D eigenvalue weighted by atomic mass is 9.86. The Labute approximate surface area is 142 Å². The molecule has 24 heavy (non-hydrogen) atoms. The van der Waals surface area contributed by atoms with Crippen LogP contribution < -0.4 is 0 Å². The molecule has 3 fully saturated rings. The van der Waals surface area contributed by atoms with Gasteiger partial charge in [0.05, 0.1) is 18.1 Å². The molecule has 0 saturated carbocycles. The molecule has 2 bridgehead atoms. The Morgan fingerprint density at radius 3 is 2.88 bits per heavy atom. The predicted octanol–water partition coefficient (Wildman–Crippen LogP) is 1.43. The van der Waals surface area contributed by atoms with Crippen LogP contribution in [0.5, 0.6) is 0 Å². The fourth-order valence-corrected chi connectivity index (χ4v) is 4.78. The molecule has 0 radical (unpaired) electrons. The normalized spacial score (nSPS) is 45.8. The van der Waals surface area contributed by atoms with Crippen molar-refractivity contribution in [2.75, 3.05) is 19.7 Å². The molecule has 3 saturated heterocycles. The lowest BCUT2D eigenvalue weighted by molar-refractivity contribution is -0.184. The molecule has 6 heteroatoms. The van der Waals surface area contributed by atoms with Crippen LogP contribution in [-0.4, -0.2) is 59.9 Å². The lowest BCUT2D eigenvalue weighted by Crippen LogP contribution is -2.45. The van der Waals surface area contributed by atoms with Gasteiger partial charge in [0.25, 0.3) is 0 Å². The molecule has 0 aliphatic carbocycles. The van der Waals surface area contributed by atoms with Crippen molar-refractivity contribution in [1.82, 2.24) is 4.90 Å². The first-order chi connectivity index (χ1) is 11.3. The molecule has 132 valence electrons. The van der Waals surface area contributed by atoms with Gasteiger partial charge in [0.15, 0.2) is 5.60 Å². The average Bonchev–Trinajstić information content (AvgIpc) is 3.11. The molecule has 0 amide bonds. The maximum absolute atomic E-state index is 12.7. The molecule has 4 aliphatic heterocycles. The number of fused-ring (bicyclic) bond motifs is 2. The van der Waals surface area contributed by atoms with E-state index in [1.807, 2.05) is 13.8 Å². The number of hydrogen-bond donors (Lipinski definition) is 0. The van der Waals surface area contributed by atoms with Crippen molar-refractivity contribution in [3.63, 3.8) is 0 Å². The van der Waals surface area contributed by atoms with E-state index < -0.39 is 11.2 Å². The van der Waals surface area contributed by atoms with Crippen LogP contribution in [0.15, 0.2) is 11.6 Å². The summed E-state index contributed by atoms with van der Waals surface area (Å²) in [6.45, 7) is 7.61. The molecule has 4 rings (SSSR count). The van der Waals surface area contributed by atoms with Crippen molar-refractivity contribution in [3.8, 4) is 0 Å². The van der Waals surface area contributed by atoms with E-state index in [1.54, 1.807) is 6.92 Å². The van der Waals surface area contributed by atoms with Crippen LogP contribution in [0.1, 0.15) is 40.0 Å². The van der Waals surface area contributed by atoms with Gasteiger partial charge in [-0.3, -0.25) is 9.69 Å². The van der Waals surface area contributed by atoms with Crippen LogP contribution in [-0.2, 0) is 23.8 Å². The van der Waals surface area contributed by atoms with Crippen molar-refractivity contribution in [3.05, 3.63) is 11.6 Å². The Bertz CT molecular complexity index is 617. The number of cyclic esters (lactones) is 1. The zero-order valence-electron chi connectivity index (χ0n) is 14.5. The van der Waals surface area contributed by atoms with Gasteiger partial charge in [0, 0.05) is 13.1 Å². The summed E-state index contributed by atoms with van der Waals surface area (Å²) < 4.78 is 17.5. The largest absolute Gasteiger partial charge is 0.460 e. The van der Waals surface area contributed by atoms with Crippen LogP contribution in [0.3, 0.4) is 0 Å². The molecule has 0 aromatic heterocycles. The summed E-state index contributed by atoms with van der Waals surface area (Å²) in [5.74, 6) is -0.584. The summed E-state index contributed by atoms with van der Waals surface area (Å²) in [5.41, 5.74) is -0.658. The third kappa shape index (κ3) is 2.39. The van der Waals surface area contributed by atoms with Gasteiger partial charge in [-0.05, 0) is 38.2 Å². The first kappa shape index (κ1) is 16.1. The van der Waals surface area contributed by atoms with E-state index in [2.05, 4.69) is 11.0 Å². The Morgan fingerprint density at radius 2 is 2.08 bits per heavy atom. The summed E-state index contributed by atoms with van der Waals surface area (Å²) in [6, 6.07) is 0.0535. The zero-order valence-corrected chi connectivity index (χ0v) is 14.5. The van der Waals surface area contributed by atoms with Gasteiger partial charge in [-0.1, -0.05) is 13.0 Å². The van der Waals surface area contributed by atoms with Gasteiger partial charge in [0.2, 0.25) is 0 Å². The summed E-state index contributed by atoms with van der Waals surface area (Å²) in [4.78, 5) is 27.5. The minimum atomic E-state index is -1.01. The van der Waals surface area contributed by atoms with Crippen LogP contribution in [0, 0.1) is 5.92 Å². The summed E-state index contributed by atoms with van der Waals surface area (Å²) in [5, 5.41) is 0. The summed E-state index contributed by atoms with van der Waals surface area (Å²) >= 11 is 0. The maximum Gasteiger partial charge on any atom is 0.338 e. The lowest BCUT2D eigenvalue weighted by Gasteiger charge is -2.32. The minimum Gasteiger partial charge on any atom is -0.460 e. The van der Waals surface area contributed by atoms with E-state index in [-0.39, 0.29) is 43.0 Å². The van der Waals surface area contributed by atoms with Crippen LogP contribution in [0.25, 0.3) is 0 Å². The van der Waals surface area contributed by atoms with Crippen LogP contribution >= 0.6 is 0 Å². The predicted molar refractivity (Wildman–Crippen MR) is 85.2 cm³/mol. The highest BCUT2D eigenvalue weighted by Crippen LogP contribution is 2.45. The van der Waals surface area contributed by atoms with Crippen molar-refractivity contribution < 1.29 is 23.8 Å². The Hall–Kier alpha value is -1.40. The second kappa shape index (κ2) is 5.30. The number of esters is 2. The van der Waals surface area contributed by atoms with E-state index in [0.717, 1.165) is 25.1 Å². The van der Waals surface area contributed by atoms with E-state index in [0.29, 0.717) is 6.42 Å². The fourth-order valence-electron chi connectivity index (χ4n) is 4.78. The van der Waals surface area contributed by atoms with Gasteiger partial charge in [-0.15, -0.1) is 0 Å². The molecular weight excluding hydrogens is 310 g/mol. The fraction of sp³-hybridized carbons (Fsp3) is 0.778. The summed E-state index contributed by atoms with van der Waals surface area (Å²) in [6.07, 6.45) is 3.57. The molecular formula is C18H25NO5. The second-order valence-corrected chi connectivity index (χ2v) is 8.05. The molecule has 4 aliphatic rings. The topological polar surface area (TPSA) is 65.1 Å². The van der Waals surface area contributed by atoms with Gasteiger partial charge >= 0.3 is 11.9 Å². The molecule has 0 unspecified atom stereocenters. The van der Waals surface area contributed by atoms with Gasteiger partial charge in [-0.2, -0.15) is 0 Å². The first-order valence-electron chi connectivity index (χ1n) is 8.81. The number of nitrogens with zero attached hydrogens (tertiary/aromatic N) is 1. The maximum atomic E-state index is 12.7. The molecule has 0 spiro atoms. The van der Waals surface area contributed by atoms with Crippen LogP contribution in [0.2, 0.25) is 0 Å². The molecule has 0 aromatic carbocycles. The monoisotopic (exact) mass is 335 g/mol. The molecule has 0 N–H and O–H groups in total. The van der Waals surface area contributed by atoms with Gasteiger partial charge < -0.3 is 14.2 Å². The highest BCUT2D eigenvalue weighted by Gasteiger charge is 2.56. The van der Waals surface area contributed by atoms with E-state index in [4.69, 9.17) is 14.2 Å². The van der Waals surface area contributed by atoms with Crippen molar-refractivity contribution in [2.45, 2.75) is 63.4 Å². The first-order valence-corrected chi connectivity index (χ1v) is 8.81. The van der Waals surface area contributed by atoms with E-state index in [1.165, 1.54) is 0 Å². The minimum absolute atomic E-state index is 0.0166. The average molecular weight is 335 g/mol. The zero-order chi connectivity index (χ0) is 17.1. The molecule has 6 nitrogen and oxygen atoms in total. The second-order valence-electron chi connectivity index (χ2n) is 8.05. The smallest absolute Gasteiger partial charge is 0.338 e. The number of rotatable bonds is 0. The molecule has 4 heterocycles. The van der Waals surface area contributed by atoms with E-state index >= 15 is 0 Å². The summed E-state index contributed by atoms with van der Waals surface area (Å²) in [7, 11) is 0. The third-order valence-corrected chi connectivity index (χ3v) is 6.13. The Kier molecular flexibility index (Phi) is 3.55. The SMILES string of the molecule is C[C@@H]1C[C@]2(C)CC(=O)O[C@@H]3CCN4CC=C(COC(=O)[C@@]1(C)O2)[C@H]34. The number of carbonyl (C=O) groups excluding carboxylic acids is 2. The van der Waals surface area contributed by atoms with Crippen molar-refractivity contribution in [2.24, 2.45) is 5.92 Å². The van der Waals surface area contributed by atoms with Crippen LogP contribution in [0.4, 0.5) is 0 Å². The number of hydrogen-bond acceptors (Lipinski definition) is 6. The standard InChI is InChI=1S/C18H25NO5/c1-11-8-17(2)9-14(20)23-13-5-7-19-6-4-12(15(13)19)10-22-16(21)18(11,3)24-17/h4,11,13,15H,5-10H2,1-3H3/t11-,13-,15-,17-,18+/m1/s1. The van der Waals surface area contributed by atoms with Crippen molar-refractivity contribution in [1.29, 1.82) is 0 Å². The Morgan fingerprint density at radius 1 is 1.29 bits per heavy atom. The quantitative estimate of drug-likeness (QED) is 0.493. The van der Waals surface area contributed by atoms with Gasteiger partial charge in [-0.25, -0.2) is 4.79 Å². The molecule has 5 atom stereocenters. The van der Waals surface area contributed by atoms with Crippen molar-refractivity contribution >= 4 is 11.9 Å². The molecule has 0 aromatic rings. The Balaban J connectivity index is 1.65.